The number of hydrazine groups is 1. The fourth-order valence-electron chi connectivity index (χ4n) is 1.74. The molecule has 1 aliphatic heterocycles. The van der Waals surface area contributed by atoms with Crippen molar-refractivity contribution in [2.24, 2.45) is 5.92 Å². The van der Waals surface area contributed by atoms with Crippen molar-refractivity contribution in [1.82, 2.24) is 10.4 Å². The minimum Gasteiger partial charge on any atom is -0.303 e. The Labute approximate surface area is 98.4 Å². The van der Waals surface area contributed by atoms with Gasteiger partial charge in [-0.05, 0) is 17.7 Å². The minimum atomic E-state index is -0.318. The van der Waals surface area contributed by atoms with Gasteiger partial charge in [0.05, 0.1) is 6.42 Å². The molecule has 1 aliphatic rings. The van der Waals surface area contributed by atoms with E-state index in [2.05, 4.69) is 5.43 Å². The zero-order chi connectivity index (χ0) is 12.3. The maximum atomic E-state index is 12.7. The first-order valence-electron chi connectivity index (χ1n) is 5.42. The maximum absolute atomic E-state index is 12.7. The molecule has 1 fully saturated rings. The first-order chi connectivity index (χ1) is 8.19. The molecule has 1 aromatic carbocycles. The molecule has 0 aliphatic carbocycles. The Balaban J connectivity index is 1.93. The van der Waals surface area contributed by atoms with Crippen LogP contribution in [0.1, 0.15) is 5.56 Å². The van der Waals surface area contributed by atoms with Gasteiger partial charge in [0.2, 0.25) is 5.91 Å². The molecule has 0 spiro atoms. The predicted octanol–water partition coefficient (Wildman–Crippen LogP) is 0.530. The zero-order valence-electron chi connectivity index (χ0n) is 9.23. The van der Waals surface area contributed by atoms with Crippen LogP contribution in [0.25, 0.3) is 0 Å². The molecule has 90 valence electrons. The van der Waals surface area contributed by atoms with Crippen LogP contribution in [0.15, 0.2) is 24.3 Å². The van der Waals surface area contributed by atoms with Gasteiger partial charge in [-0.1, -0.05) is 12.1 Å². The van der Waals surface area contributed by atoms with Gasteiger partial charge in [0.1, 0.15) is 12.1 Å². The summed E-state index contributed by atoms with van der Waals surface area (Å²) in [7, 11) is 0. The van der Waals surface area contributed by atoms with Crippen LogP contribution in [0.4, 0.5) is 4.39 Å². The van der Waals surface area contributed by atoms with Gasteiger partial charge < -0.3 is 4.79 Å². The summed E-state index contributed by atoms with van der Waals surface area (Å²) in [6.07, 6.45) is 1.05. The molecule has 0 aromatic heterocycles. The molecule has 1 aromatic rings. The smallest absolute Gasteiger partial charge is 0.241 e. The number of nitrogens with one attached hydrogen (secondary N) is 1. The summed E-state index contributed by atoms with van der Waals surface area (Å²) in [5.74, 6) is -0.561. The van der Waals surface area contributed by atoms with Crippen molar-refractivity contribution >= 4 is 12.2 Å². The second-order valence-electron chi connectivity index (χ2n) is 4.07. The number of hydrogen-bond donors (Lipinski definition) is 1. The molecule has 5 heteroatoms. The van der Waals surface area contributed by atoms with Crippen LogP contribution in [0.3, 0.4) is 0 Å². The Morgan fingerprint density at radius 1 is 1.47 bits per heavy atom. The van der Waals surface area contributed by atoms with E-state index in [-0.39, 0.29) is 24.1 Å². The largest absolute Gasteiger partial charge is 0.303 e. The van der Waals surface area contributed by atoms with Crippen LogP contribution < -0.4 is 5.43 Å². The lowest BCUT2D eigenvalue weighted by Gasteiger charge is -2.15. The first kappa shape index (κ1) is 11.7. The lowest BCUT2D eigenvalue weighted by atomic mass is 10.1. The van der Waals surface area contributed by atoms with E-state index in [4.69, 9.17) is 0 Å². The average Bonchev–Trinajstić information content (AvgIpc) is 2.81. The van der Waals surface area contributed by atoms with E-state index in [1.165, 1.54) is 17.1 Å². The summed E-state index contributed by atoms with van der Waals surface area (Å²) in [4.78, 5) is 22.4. The third-order valence-corrected chi connectivity index (χ3v) is 2.72. The molecule has 1 amide bonds. The Kier molecular flexibility index (Phi) is 3.49. The number of amides is 1. The fourth-order valence-corrected chi connectivity index (χ4v) is 1.74. The van der Waals surface area contributed by atoms with Gasteiger partial charge >= 0.3 is 0 Å². The van der Waals surface area contributed by atoms with Gasteiger partial charge in [-0.3, -0.25) is 9.80 Å². The molecule has 1 heterocycles. The molecule has 0 bridgehead atoms. The molecule has 1 unspecified atom stereocenters. The van der Waals surface area contributed by atoms with E-state index in [0.717, 1.165) is 11.8 Å². The molecule has 1 atom stereocenters. The molecule has 0 saturated carbocycles. The van der Waals surface area contributed by atoms with E-state index in [0.29, 0.717) is 13.1 Å². The standard InChI is InChI=1S/C12H13FN2O2/c13-11-3-1-9(2-4-11)5-12(17)15-7-10(8-16)6-14-15/h1-4,8,10,14H,5-7H2. The van der Waals surface area contributed by atoms with Gasteiger partial charge in [-0.2, -0.15) is 0 Å². The highest BCUT2D eigenvalue weighted by molar-refractivity contribution is 5.79. The highest BCUT2D eigenvalue weighted by atomic mass is 19.1. The number of rotatable bonds is 3. The average molecular weight is 236 g/mol. The maximum Gasteiger partial charge on any atom is 0.241 e. The van der Waals surface area contributed by atoms with Crippen LogP contribution in [0, 0.1) is 11.7 Å². The number of nitrogens with zero attached hydrogens (tertiary/aromatic N) is 1. The summed E-state index contributed by atoms with van der Waals surface area (Å²) in [6, 6.07) is 5.82. The van der Waals surface area contributed by atoms with Gasteiger partial charge in [-0.25, -0.2) is 9.82 Å². The van der Waals surface area contributed by atoms with Gasteiger partial charge in [0.25, 0.3) is 0 Å². The monoisotopic (exact) mass is 236 g/mol. The van der Waals surface area contributed by atoms with Crippen LogP contribution in [-0.2, 0) is 16.0 Å². The quantitative estimate of drug-likeness (QED) is 0.779. The van der Waals surface area contributed by atoms with Crippen molar-refractivity contribution in [2.45, 2.75) is 6.42 Å². The summed E-state index contributed by atoms with van der Waals surface area (Å²) in [5.41, 5.74) is 3.62. The van der Waals surface area contributed by atoms with E-state index in [1.807, 2.05) is 0 Å². The SMILES string of the molecule is O=CC1CNN(C(=O)Cc2ccc(F)cc2)C1. The van der Waals surface area contributed by atoms with Crippen molar-refractivity contribution < 1.29 is 14.0 Å². The van der Waals surface area contributed by atoms with Crippen molar-refractivity contribution in [3.05, 3.63) is 35.6 Å². The topological polar surface area (TPSA) is 49.4 Å². The van der Waals surface area contributed by atoms with Crippen molar-refractivity contribution in [3.63, 3.8) is 0 Å². The number of benzene rings is 1. The molecular weight excluding hydrogens is 223 g/mol. The first-order valence-corrected chi connectivity index (χ1v) is 5.42. The third-order valence-electron chi connectivity index (χ3n) is 2.72. The molecule has 17 heavy (non-hydrogen) atoms. The number of halogens is 1. The van der Waals surface area contributed by atoms with E-state index >= 15 is 0 Å². The number of aldehydes is 1. The van der Waals surface area contributed by atoms with E-state index < -0.39 is 0 Å². The van der Waals surface area contributed by atoms with Crippen LogP contribution in [0.5, 0.6) is 0 Å². The van der Waals surface area contributed by atoms with Crippen LogP contribution >= 0.6 is 0 Å². The summed E-state index contributed by atoms with van der Waals surface area (Å²) in [6.45, 7) is 0.905. The zero-order valence-corrected chi connectivity index (χ0v) is 9.23. The number of carbonyl (C=O) groups excluding carboxylic acids is 2. The Bertz CT molecular complexity index is 419. The fraction of sp³-hybridized carbons (Fsp3) is 0.333. The minimum absolute atomic E-state index is 0.110. The van der Waals surface area contributed by atoms with Crippen molar-refractivity contribution in [3.8, 4) is 0 Å². The summed E-state index contributed by atoms with van der Waals surface area (Å²) in [5, 5.41) is 1.45. The molecule has 4 nitrogen and oxygen atoms in total. The lowest BCUT2D eigenvalue weighted by Crippen LogP contribution is -2.37. The van der Waals surface area contributed by atoms with Gasteiger partial charge in [-0.15, -0.1) is 0 Å². The van der Waals surface area contributed by atoms with E-state index in [1.54, 1.807) is 12.1 Å². The lowest BCUT2D eigenvalue weighted by molar-refractivity contribution is -0.132. The van der Waals surface area contributed by atoms with Crippen molar-refractivity contribution in [2.75, 3.05) is 13.1 Å². The van der Waals surface area contributed by atoms with E-state index in [9.17, 15) is 14.0 Å². The molecule has 0 radical (unpaired) electrons. The molecular formula is C12H13FN2O2. The molecule has 2 rings (SSSR count). The second-order valence-corrected chi connectivity index (χ2v) is 4.07. The highest BCUT2D eigenvalue weighted by Gasteiger charge is 2.25. The highest BCUT2D eigenvalue weighted by Crippen LogP contribution is 2.08. The number of hydrogen-bond acceptors (Lipinski definition) is 3. The summed E-state index contributed by atoms with van der Waals surface area (Å²) >= 11 is 0. The summed E-state index contributed by atoms with van der Waals surface area (Å²) < 4.78 is 12.7. The van der Waals surface area contributed by atoms with Crippen LogP contribution in [0.2, 0.25) is 0 Å². The Morgan fingerprint density at radius 2 is 2.18 bits per heavy atom. The molecule has 1 saturated heterocycles. The Hall–Kier alpha value is -1.75. The Morgan fingerprint density at radius 3 is 2.76 bits per heavy atom. The number of carbonyl (C=O) groups is 2. The predicted molar refractivity (Wildman–Crippen MR) is 59.4 cm³/mol. The molecule has 1 N–H and O–H groups in total. The third kappa shape index (κ3) is 2.88. The van der Waals surface area contributed by atoms with Gasteiger partial charge in [0, 0.05) is 19.0 Å². The second kappa shape index (κ2) is 5.05. The van der Waals surface area contributed by atoms with Crippen LogP contribution in [-0.4, -0.2) is 30.3 Å². The van der Waals surface area contributed by atoms with Gasteiger partial charge in [0.15, 0.2) is 0 Å². The normalized spacial score (nSPS) is 19.4. The van der Waals surface area contributed by atoms with Crippen molar-refractivity contribution in [1.29, 1.82) is 0 Å².